The Labute approximate surface area is 220 Å². The van der Waals surface area contributed by atoms with E-state index in [9.17, 15) is 0 Å². The SMILES string of the molecule is CC(C1CSC(c2cc3cc(Cl)cc(NC4CCOCC4)c3[nH]2)=N1)N1CCN(c2cnccn2)CC1. The summed E-state index contributed by atoms with van der Waals surface area (Å²) in [5.41, 5.74) is 3.24. The molecular formula is C26H32ClN7OS. The second kappa shape index (κ2) is 10.6. The third kappa shape index (κ3) is 5.07. The first-order chi connectivity index (χ1) is 17.6. The number of hydrogen-bond acceptors (Lipinski definition) is 8. The second-order valence-electron chi connectivity index (χ2n) is 9.77. The predicted molar refractivity (Wildman–Crippen MR) is 149 cm³/mol. The minimum Gasteiger partial charge on any atom is -0.381 e. The van der Waals surface area contributed by atoms with Crippen LogP contribution in [0.3, 0.4) is 0 Å². The Bertz CT molecular complexity index is 1220. The highest BCUT2D eigenvalue weighted by Crippen LogP contribution is 2.33. The van der Waals surface area contributed by atoms with Crippen LogP contribution in [0, 0.1) is 0 Å². The van der Waals surface area contributed by atoms with Crippen molar-refractivity contribution in [3.8, 4) is 0 Å². The third-order valence-electron chi connectivity index (χ3n) is 7.50. The van der Waals surface area contributed by atoms with Crippen molar-refractivity contribution < 1.29 is 4.74 Å². The van der Waals surface area contributed by atoms with Crippen LogP contribution in [0.5, 0.6) is 0 Å². The minimum absolute atomic E-state index is 0.280. The van der Waals surface area contributed by atoms with Gasteiger partial charge in [-0.25, -0.2) is 4.98 Å². The van der Waals surface area contributed by atoms with Crippen molar-refractivity contribution >= 4 is 50.8 Å². The maximum absolute atomic E-state index is 6.48. The van der Waals surface area contributed by atoms with Gasteiger partial charge in [-0.1, -0.05) is 11.6 Å². The average Bonchev–Trinajstić information content (AvgIpc) is 3.57. The van der Waals surface area contributed by atoms with Gasteiger partial charge in [0.05, 0.1) is 29.1 Å². The summed E-state index contributed by atoms with van der Waals surface area (Å²) >= 11 is 8.33. The molecule has 2 saturated heterocycles. The molecule has 2 unspecified atom stereocenters. The van der Waals surface area contributed by atoms with Crippen LogP contribution in [0.1, 0.15) is 25.5 Å². The van der Waals surface area contributed by atoms with Gasteiger partial charge in [-0.2, -0.15) is 0 Å². The van der Waals surface area contributed by atoms with Crippen LogP contribution in [-0.4, -0.2) is 88.2 Å². The Kier molecular flexibility index (Phi) is 7.06. The number of H-pyrrole nitrogens is 1. The lowest BCUT2D eigenvalue weighted by atomic mass is 10.1. The van der Waals surface area contributed by atoms with E-state index in [-0.39, 0.29) is 6.04 Å². The lowest BCUT2D eigenvalue weighted by Gasteiger charge is -2.39. The van der Waals surface area contributed by atoms with Gasteiger partial charge in [0, 0.05) is 80.0 Å². The van der Waals surface area contributed by atoms with Gasteiger partial charge in [-0.15, -0.1) is 11.8 Å². The summed E-state index contributed by atoms with van der Waals surface area (Å²) in [6.07, 6.45) is 7.35. The Morgan fingerprint density at radius 3 is 2.75 bits per heavy atom. The first kappa shape index (κ1) is 24.0. The summed E-state index contributed by atoms with van der Waals surface area (Å²) in [6, 6.07) is 7.32. The van der Waals surface area contributed by atoms with Crippen molar-refractivity contribution in [3.63, 3.8) is 0 Å². The van der Waals surface area contributed by atoms with Crippen molar-refractivity contribution in [2.75, 3.05) is 55.4 Å². The molecule has 0 saturated carbocycles. The molecule has 0 bridgehead atoms. The summed E-state index contributed by atoms with van der Waals surface area (Å²) in [4.78, 5) is 22.4. The number of aromatic amines is 1. The highest BCUT2D eigenvalue weighted by Gasteiger charge is 2.31. The van der Waals surface area contributed by atoms with E-state index in [0.29, 0.717) is 12.1 Å². The van der Waals surface area contributed by atoms with Gasteiger partial charge in [-0.3, -0.25) is 14.9 Å². The second-order valence-corrected chi connectivity index (χ2v) is 11.2. The molecule has 6 rings (SSSR count). The van der Waals surface area contributed by atoms with Gasteiger partial charge in [0.15, 0.2) is 0 Å². The van der Waals surface area contributed by atoms with E-state index in [0.717, 1.165) is 96.2 Å². The third-order valence-corrected chi connectivity index (χ3v) is 8.82. The molecule has 2 aromatic heterocycles. The quantitative estimate of drug-likeness (QED) is 0.497. The van der Waals surface area contributed by atoms with E-state index in [1.165, 1.54) is 0 Å². The van der Waals surface area contributed by atoms with Crippen LogP contribution in [0.25, 0.3) is 10.9 Å². The Morgan fingerprint density at radius 2 is 1.97 bits per heavy atom. The average molecular weight is 526 g/mol. The van der Waals surface area contributed by atoms with E-state index in [4.69, 9.17) is 21.3 Å². The van der Waals surface area contributed by atoms with Gasteiger partial charge >= 0.3 is 0 Å². The molecule has 0 amide bonds. The van der Waals surface area contributed by atoms with Crippen molar-refractivity contribution in [1.82, 2.24) is 19.9 Å². The highest BCUT2D eigenvalue weighted by molar-refractivity contribution is 8.14. The van der Waals surface area contributed by atoms with Crippen molar-refractivity contribution in [3.05, 3.63) is 47.5 Å². The number of aliphatic imine (C=N–C) groups is 1. The van der Waals surface area contributed by atoms with Crippen LogP contribution < -0.4 is 10.2 Å². The van der Waals surface area contributed by atoms with Crippen LogP contribution in [0.4, 0.5) is 11.5 Å². The van der Waals surface area contributed by atoms with Crippen molar-refractivity contribution in [2.24, 2.45) is 4.99 Å². The summed E-state index contributed by atoms with van der Waals surface area (Å²) in [7, 11) is 0. The molecule has 3 aliphatic heterocycles. The Balaban J connectivity index is 1.14. The number of benzene rings is 1. The Hall–Kier alpha value is -2.33. The molecule has 190 valence electrons. The zero-order valence-corrected chi connectivity index (χ0v) is 22.1. The van der Waals surface area contributed by atoms with E-state index in [1.807, 2.05) is 30.1 Å². The number of fused-ring (bicyclic) bond motifs is 1. The normalized spacial score (nSPS) is 22.7. The lowest BCUT2D eigenvalue weighted by Crippen LogP contribution is -2.52. The molecule has 1 aromatic carbocycles. The molecule has 3 aliphatic rings. The zero-order chi connectivity index (χ0) is 24.5. The predicted octanol–water partition coefficient (Wildman–Crippen LogP) is 4.27. The van der Waals surface area contributed by atoms with Gasteiger partial charge in [-0.05, 0) is 38.0 Å². The van der Waals surface area contributed by atoms with Crippen molar-refractivity contribution in [1.29, 1.82) is 0 Å². The summed E-state index contributed by atoms with van der Waals surface area (Å²) in [6.45, 7) is 7.87. The molecule has 36 heavy (non-hydrogen) atoms. The number of piperazine rings is 1. The fourth-order valence-electron chi connectivity index (χ4n) is 5.34. The molecule has 2 atom stereocenters. The lowest BCUT2D eigenvalue weighted by molar-refractivity contribution is 0.0905. The van der Waals surface area contributed by atoms with Crippen LogP contribution in [0.15, 0.2) is 41.8 Å². The number of nitrogens with one attached hydrogen (secondary N) is 2. The largest absolute Gasteiger partial charge is 0.381 e. The number of thioether (sulfide) groups is 1. The van der Waals surface area contributed by atoms with E-state index < -0.39 is 0 Å². The first-order valence-corrected chi connectivity index (χ1v) is 14.1. The first-order valence-electron chi connectivity index (χ1n) is 12.8. The fraction of sp³-hybridized carbons (Fsp3) is 0.500. The zero-order valence-electron chi connectivity index (χ0n) is 20.5. The summed E-state index contributed by atoms with van der Waals surface area (Å²) in [5.74, 6) is 1.97. The van der Waals surface area contributed by atoms with E-state index in [2.05, 4.69) is 43.1 Å². The fourth-order valence-corrected chi connectivity index (χ4v) is 6.72. The van der Waals surface area contributed by atoms with Gasteiger partial charge in [0.2, 0.25) is 0 Å². The summed E-state index contributed by atoms with van der Waals surface area (Å²) in [5, 5.41) is 6.65. The van der Waals surface area contributed by atoms with Gasteiger partial charge < -0.3 is 19.9 Å². The number of aromatic nitrogens is 3. The van der Waals surface area contributed by atoms with Crippen LogP contribution >= 0.6 is 23.4 Å². The molecule has 2 N–H and O–H groups in total. The molecular weight excluding hydrogens is 494 g/mol. The number of hydrogen-bond donors (Lipinski definition) is 2. The number of ether oxygens (including phenoxy) is 1. The maximum atomic E-state index is 6.48. The molecule has 10 heteroatoms. The van der Waals surface area contributed by atoms with E-state index in [1.54, 1.807) is 12.4 Å². The molecule has 0 aliphatic carbocycles. The monoisotopic (exact) mass is 525 g/mol. The molecule has 5 heterocycles. The van der Waals surface area contributed by atoms with Crippen LogP contribution in [-0.2, 0) is 4.74 Å². The number of nitrogens with zero attached hydrogens (tertiary/aromatic N) is 5. The standard InChI is InChI=1S/C26H32ClN7OS/c1-17(33-6-8-34(9-7-33)24-15-28-4-5-29-24)23-16-36-26(32-23)22-13-18-12-19(27)14-21(25(18)31-22)30-20-2-10-35-11-3-20/h4-5,12-15,17,20,23,30-31H,2-3,6-11,16H2,1H3. The number of anilines is 2. The molecule has 2 fully saturated rings. The minimum atomic E-state index is 0.280. The van der Waals surface area contributed by atoms with Crippen molar-refractivity contribution in [2.45, 2.75) is 37.9 Å². The molecule has 3 aromatic rings. The Morgan fingerprint density at radius 1 is 1.14 bits per heavy atom. The molecule has 0 radical (unpaired) electrons. The molecule has 0 spiro atoms. The van der Waals surface area contributed by atoms with Gasteiger partial charge in [0.1, 0.15) is 10.9 Å². The molecule has 8 nitrogen and oxygen atoms in total. The number of rotatable bonds is 6. The summed E-state index contributed by atoms with van der Waals surface area (Å²) < 4.78 is 5.52. The smallest absolute Gasteiger partial charge is 0.147 e. The maximum Gasteiger partial charge on any atom is 0.147 e. The van der Waals surface area contributed by atoms with E-state index >= 15 is 0 Å². The van der Waals surface area contributed by atoms with Gasteiger partial charge in [0.25, 0.3) is 0 Å². The highest BCUT2D eigenvalue weighted by atomic mass is 35.5. The topological polar surface area (TPSA) is 81.7 Å². The number of halogens is 1. The van der Waals surface area contributed by atoms with Crippen LogP contribution in [0.2, 0.25) is 5.02 Å².